The van der Waals surface area contributed by atoms with Gasteiger partial charge in [-0.1, -0.05) is 13.8 Å². The molecule has 16 heavy (non-hydrogen) atoms. The Labute approximate surface area is 96.4 Å². The number of likely N-dealkylation sites (N-methyl/N-ethyl adjacent to an activating group) is 1. The molecule has 1 atom stereocenters. The van der Waals surface area contributed by atoms with E-state index < -0.39 is 6.04 Å². The van der Waals surface area contributed by atoms with Crippen LogP contribution in [0.3, 0.4) is 0 Å². The van der Waals surface area contributed by atoms with Crippen LogP contribution in [0.15, 0.2) is 16.7 Å². The molecule has 2 N–H and O–H groups in total. The number of amides is 1. The van der Waals surface area contributed by atoms with Crippen molar-refractivity contribution in [3.05, 3.63) is 23.7 Å². The lowest BCUT2D eigenvalue weighted by atomic mass is 10.0. The zero-order chi connectivity index (χ0) is 12.3. The predicted octanol–water partition coefficient (Wildman–Crippen LogP) is 1.53. The van der Waals surface area contributed by atoms with Crippen LogP contribution in [0.2, 0.25) is 0 Å². The summed E-state index contributed by atoms with van der Waals surface area (Å²) in [5.74, 6) is 0.966. The number of rotatable bonds is 4. The molecule has 0 fully saturated rings. The summed E-state index contributed by atoms with van der Waals surface area (Å²) in [5, 5.41) is 0. The molecule has 0 bridgehead atoms. The minimum atomic E-state index is -0.433. The lowest BCUT2D eigenvalue weighted by Gasteiger charge is -2.23. The molecule has 4 heteroatoms. The van der Waals surface area contributed by atoms with E-state index in [1.807, 2.05) is 26.8 Å². The van der Waals surface area contributed by atoms with Gasteiger partial charge in [-0.15, -0.1) is 0 Å². The van der Waals surface area contributed by atoms with E-state index in [-0.39, 0.29) is 11.8 Å². The van der Waals surface area contributed by atoms with Crippen molar-refractivity contribution < 1.29 is 9.21 Å². The number of carbonyl (C=O) groups is 1. The number of nitrogens with zero attached hydrogens (tertiary/aromatic N) is 1. The number of aryl methyl sites for hydroxylation is 1. The van der Waals surface area contributed by atoms with Crippen LogP contribution in [0.1, 0.15) is 25.2 Å². The molecular weight excluding hydrogens is 204 g/mol. The monoisotopic (exact) mass is 224 g/mol. The highest BCUT2D eigenvalue weighted by Crippen LogP contribution is 2.12. The minimum absolute atomic E-state index is 0.0319. The van der Waals surface area contributed by atoms with Crippen molar-refractivity contribution in [2.24, 2.45) is 11.7 Å². The molecule has 0 aliphatic carbocycles. The second-order valence-corrected chi connectivity index (χ2v) is 4.47. The van der Waals surface area contributed by atoms with Gasteiger partial charge in [0.25, 0.3) is 0 Å². The van der Waals surface area contributed by atoms with Crippen molar-refractivity contribution in [2.45, 2.75) is 33.4 Å². The van der Waals surface area contributed by atoms with Crippen LogP contribution in [0.5, 0.6) is 0 Å². The predicted molar refractivity (Wildman–Crippen MR) is 62.7 cm³/mol. The number of carbonyl (C=O) groups excluding carboxylic acids is 1. The SMILES string of the molecule is Cc1occc1CN(C)C(=O)[C@H](N)C(C)C. The Balaban J connectivity index is 2.62. The molecule has 0 radical (unpaired) electrons. The third-order valence-electron chi connectivity index (χ3n) is 2.75. The first-order valence-electron chi connectivity index (χ1n) is 5.47. The summed E-state index contributed by atoms with van der Waals surface area (Å²) in [6, 6.07) is 1.44. The maximum absolute atomic E-state index is 11.9. The molecule has 4 nitrogen and oxygen atoms in total. The van der Waals surface area contributed by atoms with Gasteiger partial charge in [-0.05, 0) is 18.9 Å². The zero-order valence-corrected chi connectivity index (χ0v) is 10.4. The molecule has 0 saturated carbocycles. The summed E-state index contributed by atoms with van der Waals surface area (Å²) in [5.41, 5.74) is 6.83. The van der Waals surface area contributed by atoms with Crippen molar-refractivity contribution in [3.63, 3.8) is 0 Å². The van der Waals surface area contributed by atoms with E-state index in [0.717, 1.165) is 11.3 Å². The molecule has 1 aromatic heterocycles. The fourth-order valence-electron chi connectivity index (χ4n) is 1.45. The fraction of sp³-hybridized carbons (Fsp3) is 0.583. The highest BCUT2D eigenvalue weighted by molar-refractivity contribution is 5.81. The molecule has 0 aromatic carbocycles. The van der Waals surface area contributed by atoms with Gasteiger partial charge in [-0.25, -0.2) is 0 Å². The molecule has 1 rings (SSSR count). The van der Waals surface area contributed by atoms with Gasteiger partial charge in [0, 0.05) is 19.2 Å². The second kappa shape index (κ2) is 5.16. The Hall–Kier alpha value is -1.29. The summed E-state index contributed by atoms with van der Waals surface area (Å²) >= 11 is 0. The third kappa shape index (κ3) is 2.85. The first-order chi connectivity index (χ1) is 7.43. The molecule has 0 aliphatic heterocycles. The zero-order valence-electron chi connectivity index (χ0n) is 10.4. The van der Waals surface area contributed by atoms with Crippen LogP contribution in [0.4, 0.5) is 0 Å². The van der Waals surface area contributed by atoms with Gasteiger partial charge in [-0.3, -0.25) is 4.79 Å². The number of hydrogen-bond donors (Lipinski definition) is 1. The smallest absolute Gasteiger partial charge is 0.239 e. The van der Waals surface area contributed by atoms with Crippen LogP contribution in [-0.4, -0.2) is 23.9 Å². The van der Waals surface area contributed by atoms with Crippen molar-refractivity contribution in [2.75, 3.05) is 7.05 Å². The average molecular weight is 224 g/mol. The second-order valence-electron chi connectivity index (χ2n) is 4.47. The van der Waals surface area contributed by atoms with Crippen molar-refractivity contribution in [3.8, 4) is 0 Å². The molecule has 1 aromatic rings. The molecule has 90 valence electrons. The van der Waals surface area contributed by atoms with Gasteiger partial charge in [0.05, 0.1) is 12.3 Å². The summed E-state index contributed by atoms with van der Waals surface area (Å²) < 4.78 is 5.18. The van der Waals surface area contributed by atoms with E-state index in [4.69, 9.17) is 10.2 Å². The van der Waals surface area contributed by atoms with Crippen LogP contribution < -0.4 is 5.73 Å². The fourth-order valence-corrected chi connectivity index (χ4v) is 1.45. The topological polar surface area (TPSA) is 59.5 Å². The van der Waals surface area contributed by atoms with Crippen molar-refractivity contribution in [1.29, 1.82) is 0 Å². The van der Waals surface area contributed by atoms with Gasteiger partial charge >= 0.3 is 0 Å². The van der Waals surface area contributed by atoms with Gasteiger partial charge in [0.1, 0.15) is 5.76 Å². The standard InChI is InChI=1S/C12H20N2O2/c1-8(2)11(13)12(15)14(4)7-10-5-6-16-9(10)3/h5-6,8,11H,7,13H2,1-4H3/t11-/m1/s1. The molecule has 1 heterocycles. The largest absolute Gasteiger partial charge is 0.469 e. The Kier molecular flexibility index (Phi) is 4.12. The van der Waals surface area contributed by atoms with E-state index in [9.17, 15) is 4.79 Å². The van der Waals surface area contributed by atoms with E-state index in [1.54, 1.807) is 18.2 Å². The van der Waals surface area contributed by atoms with Gasteiger partial charge in [0.15, 0.2) is 0 Å². The Morgan fingerprint density at radius 2 is 2.19 bits per heavy atom. The van der Waals surface area contributed by atoms with Crippen molar-refractivity contribution in [1.82, 2.24) is 4.90 Å². The Bertz CT molecular complexity index is 358. The normalized spacial score (nSPS) is 12.9. The number of furan rings is 1. The molecule has 1 amide bonds. The number of nitrogens with two attached hydrogens (primary N) is 1. The van der Waals surface area contributed by atoms with Gasteiger partial charge in [0.2, 0.25) is 5.91 Å². The quantitative estimate of drug-likeness (QED) is 0.843. The van der Waals surface area contributed by atoms with Crippen LogP contribution in [0.25, 0.3) is 0 Å². The van der Waals surface area contributed by atoms with E-state index >= 15 is 0 Å². The van der Waals surface area contributed by atoms with Crippen molar-refractivity contribution >= 4 is 5.91 Å². The molecule has 0 saturated heterocycles. The van der Waals surface area contributed by atoms with E-state index in [2.05, 4.69) is 0 Å². The van der Waals surface area contributed by atoms with Crippen LogP contribution in [0, 0.1) is 12.8 Å². The lowest BCUT2D eigenvalue weighted by Crippen LogP contribution is -2.44. The highest BCUT2D eigenvalue weighted by Gasteiger charge is 2.21. The molecule has 0 aliphatic rings. The highest BCUT2D eigenvalue weighted by atomic mass is 16.3. The molecular formula is C12H20N2O2. The summed E-state index contributed by atoms with van der Waals surface area (Å²) in [7, 11) is 1.76. The molecule has 0 spiro atoms. The first kappa shape index (κ1) is 12.8. The minimum Gasteiger partial charge on any atom is -0.469 e. The maximum atomic E-state index is 11.9. The van der Waals surface area contributed by atoms with E-state index in [0.29, 0.717) is 6.54 Å². The van der Waals surface area contributed by atoms with Crippen LogP contribution in [-0.2, 0) is 11.3 Å². The summed E-state index contributed by atoms with van der Waals surface area (Å²) in [6.07, 6.45) is 1.63. The summed E-state index contributed by atoms with van der Waals surface area (Å²) in [6.45, 7) is 6.32. The third-order valence-corrected chi connectivity index (χ3v) is 2.75. The Morgan fingerprint density at radius 1 is 1.56 bits per heavy atom. The Morgan fingerprint density at radius 3 is 2.62 bits per heavy atom. The lowest BCUT2D eigenvalue weighted by molar-refractivity contribution is -0.132. The number of hydrogen-bond acceptors (Lipinski definition) is 3. The maximum Gasteiger partial charge on any atom is 0.239 e. The van der Waals surface area contributed by atoms with Gasteiger partial charge < -0.3 is 15.1 Å². The van der Waals surface area contributed by atoms with E-state index in [1.165, 1.54) is 0 Å². The summed E-state index contributed by atoms with van der Waals surface area (Å²) in [4.78, 5) is 13.5. The molecule has 0 unspecified atom stereocenters. The van der Waals surface area contributed by atoms with Gasteiger partial charge in [-0.2, -0.15) is 0 Å². The first-order valence-corrected chi connectivity index (χ1v) is 5.47. The van der Waals surface area contributed by atoms with Crippen LogP contribution >= 0.6 is 0 Å². The average Bonchev–Trinajstić information content (AvgIpc) is 2.62.